The molecule has 0 aliphatic carbocycles. The molecule has 0 unspecified atom stereocenters. The van der Waals surface area contributed by atoms with Crippen molar-refractivity contribution in [1.82, 2.24) is 5.32 Å². The zero-order chi connectivity index (χ0) is 15.0. The van der Waals surface area contributed by atoms with Gasteiger partial charge in [0, 0.05) is 13.0 Å². The Balaban J connectivity index is 2.40. The first-order valence-electron chi connectivity index (χ1n) is 7.52. The number of nitrogens with two attached hydrogens (primary N) is 1. The molecule has 0 fully saturated rings. The van der Waals surface area contributed by atoms with Crippen LogP contribution in [0.5, 0.6) is 0 Å². The Morgan fingerprint density at radius 2 is 1.85 bits per heavy atom. The standard InChI is InChI=1S/C17H28N2O/c1-4-14-7-5-6-8-15(14)13-19-16(20)9-10-17(2,3)11-12-18/h5-8H,4,9-13,18H2,1-3H3,(H,19,20). The maximum Gasteiger partial charge on any atom is 0.220 e. The minimum atomic E-state index is 0.126. The van der Waals surface area contributed by atoms with E-state index in [9.17, 15) is 4.79 Å². The Bertz CT molecular complexity index is 427. The highest BCUT2D eigenvalue weighted by Gasteiger charge is 2.18. The van der Waals surface area contributed by atoms with Gasteiger partial charge in [-0.2, -0.15) is 0 Å². The number of hydrogen-bond donors (Lipinski definition) is 2. The van der Waals surface area contributed by atoms with Gasteiger partial charge in [0.2, 0.25) is 5.91 Å². The van der Waals surface area contributed by atoms with Gasteiger partial charge < -0.3 is 11.1 Å². The van der Waals surface area contributed by atoms with Gasteiger partial charge >= 0.3 is 0 Å². The van der Waals surface area contributed by atoms with E-state index in [1.54, 1.807) is 0 Å². The topological polar surface area (TPSA) is 55.1 Å². The van der Waals surface area contributed by atoms with E-state index >= 15 is 0 Å². The molecule has 0 spiro atoms. The van der Waals surface area contributed by atoms with E-state index in [-0.39, 0.29) is 11.3 Å². The van der Waals surface area contributed by atoms with Crippen LogP contribution < -0.4 is 11.1 Å². The van der Waals surface area contributed by atoms with E-state index in [0.717, 1.165) is 19.3 Å². The predicted octanol–water partition coefficient (Wildman–Crippen LogP) is 3.02. The maximum atomic E-state index is 11.9. The van der Waals surface area contributed by atoms with Crippen molar-refractivity contribution in [3.05, 3.63) is 35.4 Å². The summed E-state index contributed by atoms with van der Waals surface area (Å²) in [7, 11) is 0. The van der Waals surface area contributed by atoms with Crippen LogP contribution in [0.25, 0.3) is 0 Å². The Hall–Kier alpha value is -1.35. The highest BCUT2D eigenvalue weighted by atomic mass is 16.1. The molecule has 1 rings (SSSR count). The molecule has 0 heterocycles. The van der Waals surface area contributed by atoms with Crippen LogP contribution in [0, 0.1) is 5.41 Å². The monoisotopic (exact) mass is 276 g/mol. The third kappa shape index (κ3) is 5.74. The first kappa shape index (κ1) is 16.7. The Kier molecular flexibility index (Phi) is 6.73. The number of nitrogens with one attached hydrogen (secondary N) is 1. The highest BCUT2D eigenvalue weighted by molar-refractivity contribution is 5.75. The molecule has 0 atom stereocenters. The van der Waals surface area contributed by atoms with E-state index in [0.29, 0.717) is 19.5 Å². The Labute approximate surface area is 122 Å². The van der Waals surface area contributed by atoms with Crippen molar-refractivity contribution >= 4 is 5.91 Å². The number of hydrogen-bond acceptors (Lipinski definition) is 2. The summed E-state index contributed by atoms with van der Waals surface area (Å²) >= 11 is 0. The number of carbonyl (C=O) groups excluding carboxylic acids is 1. The van der Waals surface area contributed by atoms with Crippen molar-refractivity contribution < 1.29 is 4.79 Å². The van der Waals surface area contributed by atoms with Gasteiger partial charge in [0.1, 0.15) is 0 Å². The van der Waals surface area contributed by atoms with E-state index < -0.39 is 0 Å². The zero-order valence-corrected chi connectivity index (χ0v) is 13.0. The van der Waals surface area contributed by atoms with Gasteiger partial charge in [0.15, 0.2) is 0 Å². The zero-order valence-electron chi connectivity index (χ0n) is 13.0. The normalized spacial score (nSPS) is 11.4. The summed E-state index contributed by atoms with van der Waals surface area (Å²) in [5, 5.41) is 3.02. The van der Waals surface area contributed by atoms with E-state index in [1.807, 2.05) is 12.1 Å². The van der Waals surface area contributed by atoms with Gasteiger partial charge in [-0.05, 0) is 42.3 Å². The quantitative estimate of drug-likeness (QED) is 0.767. The average Bonchev–Trinajstić information content (AvgIpc) is 2.43. The molecule has 3 N–H and O–H groups in total. The molecular formula is C17H28N2O. The number of carbonyl (C=O) groups is 1. The van der Waals surface area contributed by atoms with E-state index in [2.05, 4.69) is 38.2 Å². The lowest BCUT2D eigenvalue weighted by molar-refractivity contribution is -0.121. The van der Waals surface area contributed by atoms with Crippen LogP contribution in [0.3, 0.4) is 0 Å². The van der Waals surface area contributed by atoms with Crippen molar-refractivity contribution in [2.45, 2.75) is 53.0 Å². The molecule has 0 aromatic heterocycles. The summed E-state index contributed by atoms with van der Waals surface area (Å²) < 4.78 is 0. The van der Waals surface area contributed by atoms with Gasteiger partial charge in [-0.15, -0.1) is 0 Å². The van der Waals surface area contributed by atoms with Crippen molar-refractivity contribution in [2.24, 2.45) is 11.1 Å². The summed E-state index contributed by atoms with van der Waals surface area (Å²) in [5.41, 5.74) is 8.25. The molecule has 3 nitrogen and oxygen atoms in total. The molecule has 1 aromatic rings. The second kappa shape index (κ2) is 8.05. The van der Waals surface area contributed by atoms with Gasteiger partial charge in [-0.3, -0.25) is 4.79 Å². The minimum absolute atomic E-state index is 0.126. The van der Waals surface area contributed by atoms with Gasteiger partial charge in [-0.1, -0.05) is 45.0 Å². The largest absolute Gasteiger partial charge is 0.352 e. The van der Waals surface area contributed by atoms with Crippen LogP contribution in [-0.2, 0) is 17.8 Å². The van der Waals surface area contributed by atoms with Crippen molar-refractivity contribution in [3.8, 4) is 0 Å². The summed E-state index contributed by atoms with van der Waals surface area (Å²) in [6, 6.07) is 8.26. The van der Waals surface area contributed by atoms with Crippen molar-refractivity contribution in [1.29, 1.82) is 0 Å². The average molecular weight is 276 g/mol. The van der Waals surface area contributed by atoms with Gasteiger partial charge in [-0.25, -0.2) is 0 Å². The molecule has 1 amide bonds. The molecule has 0 saturated heterocycles. The first-order chi connectivity index (χ1) is 9.48. The van der Waals surface area contributed by atoms with Crippen LogP contribution in [0.2, 0.25) is 0 Å². The molecule has 0 bridgehead atoms. The number of amides is 1. The van der Waals surface area contributed by atoms with Crippen LogP contribution in [0.4, 0.5) is 0 Å². The lowest BCUT2D eigenvalue weighted by atomic mass is 9.84. The fraction of sp³-hybridized carbons (Fsp3) is 0.588. The molecule has 0 saturated carbocycles. The molecule has 0 aliphatic heterocycles. The smallest absolute Gasteiger partial charge is 0.220 e. The van der Waals surface area contributed by atoms with E-state index in [1.165, 1.54) is 11.1 Å². The maximum absolute atomic E-state index is 11.9. The van der Waals surface area contributed by atoms with Gasteiger partial charge in [0.25, 0.3) is 0 Å². The lowest BCUT2D eigenvalue weighted by Crippen LogP contribution is -2.26. The highest BCUT2D eigenvalue weighted by Crippen LogP contribution is 2.25. The van der Waals surface area contributed by atoms with Crippen LogP contribution in [0.15, 0.2) is 24.3 Å². The number of benzene rings is 1. The molecular weight excluding hydrogens is 248 g/mol. The minimum Gasteiger partial charge on any atom is -0.352 e. The number of rotatable bonds is 8. The van der Waals surface area contributed by atoms with Crippen LogP contribution in [-0.4, -0.2) is 12.5 Å². The van der Waals surface area contributed by atoms with E-state index in [4.69, 9.17) is 5.73 Å². The Morgan fingerprint density at radius 3 is 2.45 bits per heavy atom. The summed E-state index contributed by atoms with van der Waals surface area (Å²) in [4.78, 5) is 11.9. The van der Waals surface area contributed by atoms with Crippen molar-refractivity contribution in [3.63, 3.8) is 0 Å². The van der Waals surface area contributed by atoms with Crippen LogP contribution >= 0.6 is 0 Å². The third-order valence-electron chi connectivity index (χ3n) is 3.83. The molecule has 20 heavy (non-hydrogen) atoms. The fourth-order valence-corrected chi connectivity index (χ4v) is 2.32. The molecule has 3 heteroatoms. The molecule has 0 aliphatic rings. The summed E-state index contributed by atoms with van der Waals surface area (Å²) in [6.07, 6.45) is 3.40. The van der Waals surface area contributed by atoms with Crippen LogP contribution in [0.1, 0.15) is 51.2 Å². The fourth-order valence-electron chi connectivity index (χ4n) is 2.32. The predicted molar refractivity (Wildman–Crippen MR) is 84.4 cm³/mol. The SMILES string of the molecule is CCc1ccccc1CNC(=O)CCC(C)(C)CCN. The lowest BCUT2D eigenvalue weighted by Gasteiger charge is -2.23. The van der Waals surface area contributed by atoms with Gasteiger partial charge in [0.05, 0.1) is 0 Å². The second-order valence-corrected chi connectivity index (χ2v) is 6.10. The number of aryl methyl sites for hydroxylation is 1. The molecule has 0 radical (unpaired) electrons. The summed E-state index contributed by atoms with van der Waals surface area (Å²) in [5.74, 6) is 0.126. The first-order valence-corrected chi connectivity index (χ1v) is 7.52. The second-order valence-electron chi connectivity index (χ2n) is 6.10. The van der Waals surface area contributed by atoms with Crippen molar-refractivity contribution in [2.75, 3.05) is 6.54 Å². The Morgan fingerprint density at radius 1 is 1.20 bits per heavy atom. The summed E-state index contributed by atoms with van der Waals surface area (Å²) in [6.45, 7) is 7.77. The third-order valence-corrected chi connectivity index (χ3v) is 3.83. The molecule has 1 aromatic carbocycles. The molecule has 112 valence electrons.